The molecule has 0 fully saturated rings. The third-order valence-corrected chi connectivity index (χ3v) is 2.11. The molecule has 2 heteroatoms. The summed E-state index contributed by atoms with van der Waals surface area (Å²) >= 11 is 0. The van der Waals surface area contributed by atoms with E-state index >= 15 is 0 Å². The molecule has 0 radical (unpaired) electrons. The highest BCUT2D eigenvalue weighted by Crippen LogP contribution is 2.07. The van der Waals surface area contributed by atoms with Crippen LogP contribution in [-0.2, 0) is 4.79 Å². The summed E-state index contributed by atoms with van der Waals surface area (Å²) in [5.41, 5.74) is 2.90. The predicted molar refractivity (Wildman–Crippen MR) is 61.0 cm³/mol. The molecule has 0 rings (SSSR count). The normalized spacial score (nSPS) is 12.6. The summed E-state index contributed by atoms with van der Waals surface area (Å²) < 4.78 is 0. The maximum atomic E-state index is 11.3. The Morgan fingerprint density at radius 3 is 2.29 bits per heavy atom. The Labute approximate surface area is 86.4 Å². The lowest BCUT2D eigenvalue weighted by Gasteiger charge is -2.01. The molecule has 0 aromatic heterocycles. The van der Waals surface area contributed by atoms with Crippen LogP contribution in [0, 0.1) is 0 Å². The summed E-state index contributed by atoms with van der Waals surface area (Å²) in [4.78, 5) is 11.3. The molecule has 1 amide bonds. The first-order chi connectivity index (χ1) is 6.52. The van der Waals surface area contributed by atoms with Crippen molar-refractivity contribution in [3.8, 4) is 0 Å². The van der Waals surface area contributed by atoms with Crippen molar-refractivity contribution in [2.45, 2.75) is 27.2 Å². The zero-order valence-electron chi connectivity index (χ0n) is 9.48. The smallest absolute Gasteiger partial charge is 0.246 e. The maximum absolute atomic E-state index is 11.3. The van der Waals surface area contributed by atoms with Gasteiger partial charge in [0.05, 0.1) is 0 Å². The summed E-state index contributed by atoms with van der Waals surface area (Å²) in [6.45, 7) is 9.72. The Bertz CT molecular complexity index is 285. The van der Waals surface area contributed by atoms with Crippen LogP contribution in [0.15, 0.2) is 35.5 Å². The molecule has 2 nitrogen and oxygen atoms in total. The Kier molecular flexibility index (Phi) is 5.61. The lowest BCUT2D eigenvalue weighted by atomic mass is 10.1. The molecule has 78 valence electrons. The van der Waals surface area contributed by atoms with Crippen molar-refractivity contribution in [3.63, 3.8) is 0 Å². The summed E-state index contributed by atoms with van der Waals surface area (Å²) in [5, 5.41) is 2.61. The van der Waals surface area contributed by atoms with E-state index in [2.05, 4.69) is 11.9 Å². The van der Waals surface area contributed by atoms with Crippen LogP contribution < -0.4 is 5.32 Å². The van der Waals surface area contributed by atoms with E-state index in [0.29, 0.717) is 0 Å². The fourth-order valence-electron chi connectivity index (χ4n) is 0.883. The molecular weight excluding hydrogens is 174 g/mol. The van der Waals surface area contributed by atoms with E-state index in [4.69, 9.17) is 0 Å². The minimum atomic E-state index is -0.0155. The van der Waals surface area contributed by atoms with Crippen molar-refractivity contribution in [2.24, 2.45) is 0 Å². The van der Waals surface area contributed by atoms with Gasteiger partial charge in [-0.25, -0.2) is 0 Å². The highest BCUT2D eigenvalue weighted by Gasteiger charge is 2.02. The molecule has 0 aliphatic carbocycles. The third-order valence-electron chi connectivity index (χ3n) is 2.11. The quantitative estimate of drug-likeness (QED) is 0.539. The molecule has 14 heavy (non-hydrogen) atoms. The summed E-state index contributed by atoms with van der Waals surface area (Å²) in [7, 11) is 1.64. The highest BCUT2D eigenvalue weighted by atomic mass is 16.1. The molecule has 0 aromatic carbocycles. The number of carbonyl (C=O) groups is 1. The third kappa shape index (κ3) is 4.08. The molecule has 0 aliphatic rings. The number of allylic oxidation sites excluding steroid dienone is 4. The maximum Gasteiger partial charge on any atom is 0.246 e. The van der Waals surface area contributed by atoms with Crippen LogP contribution in [0.4, 0.5) is 0 Å². The van der Waals surface area contributed by atoms with Gasteiger partial charge in [0.2, 0.25) is 5.91 Å². The van der Waals surface area contributed by atoms with Crippen molar-refractivity contribution in [1.29, 1.82) is 0 Å². The van der Waals surface area contributed by atoms with Gasteiger partial charge in [-0.1, -0.05) is 31.2 Å². The second-order valence-corrected chi connectivity index (χ2v) is 3.25. The van der Waals surface area contributed by atoms with Crippen LogP contribution >= 0.6 is 0 Å². The molecule has 0 saturated carbocycles. The van der Waals surface area contributed by atoms with Gasteiger partial charge >= 0.3 is 0 Å². The van der Waals surface area contributed by atoms with Gasteiger partial charge in [0, 0.05) is 12.6 Å². The van der Waals surface area contributed by atoms with Crippen LogP contribution in [0.5, 0.6) is 0 Å². The van der Waals surface area contributed by atoms with Crippen LogP contribution in [0.2, 0.25) is 0 Å². The predicted octanol–water partition coefficient (Wildman–Crippen LogP) is 2.59. The van der Waals surface area contributed by atoms with Crippen LogP contribution in [0.1, 0.15) is 27.2 Å². The monoisotopic (exact) mass is 193 g/mol. The molecule has 1 N–H and O–H groups in total. The molecule has 0 atom stereocenters. The van der Waals surface area contributed by atoms with E-state index in [1.54, 1.807) is 7.05 Å². The zero-order valence-corrected chi connectivity index (χ0v) is 9.48. The van der Waals surface area contributed by atoms with Gasteiger partial charge < -0.3 is 5.32 Å². The van der Waals surface area contributed by atoms with Crippen LogP contribution in [0.3, 0.4) is 0 Å². The van der Waals surface area contributed by atoms with Gasteiger partial charge in [0.25, 0.3) is 0 Å². The fourth-order valence-corrected chi connectivity index (χ4v) is 0.883. The Morgan fingerprint density at radius 2 is 1.93 bits per heavy atom. The van der Waals surface area contributed by atoms with Crippen molar-refractivity contribution in [1.82, 2.24) is 5.32 Å². The van der Waals surface area contributed by atoms with Gasteiger partial charge in [-0.3, -0.25) is 4.79 Å². The largest absolute Gasteiger partial charge is 0.355 e. The minimum absolute atomic E-state index is 0.0155. The standard InChI is InChI=1S/C12H19NO/c1-6-11(12(14)13-5)8-7-10(4)9(2)3/h7-8H,2,6H2,1,3-5H3,(H,13,14)/b10-7-,11-8+. The number of nitrogens with one attached hydrogen (secondary N) is 1. The Hall–Kier alpha value is -1.31. The molecule has 0 saturated heterocycles. The van der Waals surface area contributed by atoms with Gasteiger partial charge in [-0.05, 0) is 25.8 Å². The lowest BCUT2D eigenvalue weighted by molar-refractivity contribution is -0.117. The average molecular weight is 193 g/mol. The molecular formula is C12H19NO. The topological polar surface area (TPSA) is 29.1 Å². The van der Waals surface area contributed by atoms with Gasteiger partial charge in [-0.15, -0.1) is 0 Å². The zero-order chi connectivity index (χ0) is 11.1. The van der Waals surface area contributed by atoms with E-state index < -0.39 is 0 Å². The molecule has 0 unspecified atom stereocenters. The van der Waals surface area contributed by atoms with E-state index in [1.807, 2.05) is 32.9 Å². The van der Waals surface area contributed by atoms with E-state index in [1.165, 1.54) is 0 Å². The minimum Gasteiger partial charge on any atom is -0.355 e. The second-order valence-electron chi connectivity index (χ2n) is 3.25. The van der Waals surface area contributed by atoms with Crippen LogP contribution in [0.25, 0.3) is 0 Å². The number of rotatable bonds is 4. The second kappa shape index (κ2) is 6.19. The highest BCUT2D eigenvalue weighted by molar-refractivity contribution is 5.93. The van der Waals surface area contributed by atoms with E-state index in [9.17, 15) is 4.79 Å². The van der Waals surface area contributed by atoms with Crippen molar-refractivity contribution < 1.29 is 4.79 Å². The van der Waals surface area contributed by atoms with Crippen LogP contribution in [-0.4, -0.2) is 13.0 Å². The van der Waals surface area contributed by atoms with Crippen molar-refractivity contribution in [3.05, 3.63) is 35.5 Å². The average Bonchev–Trinajstić information content (AvgIpc) is 2.17. The molecule has 0 bridgehead atoms. The Morgan fingerprint density at radius 1 is 1.36 bits per heavy atom. The summed E-state index contributed by atoms with van der Waals surface area (Å²) in [5.74, 6) is -0.0155. The SMILES string of the molecule is C=C(C)/C(C)=C\C=C(/CC)C(=O)NC. The molecule has 0 aliphatic heterocycles. The molecule has 0 aromatic rings. The van der Waals surface area contributed by atoms with E-state index in [-0.39, 0.29) is 5.91 Å². The number of hydrogen-bond donors (Lipinski definition) is 1. The number of likely N-dealkylation sites (N-methyl/N-ethyl adjacent to an activating group) is 1. The van der Waals surface area contributed by atoms with E-state index in [0.717, 1.165) is 23.1 Å². The van der Waals surface area contributed by atoms with Crippen molar-refractivity contribution in [2.75, 3.05) is 7.05 Å². The fraction of sp³-hybridized carbons (Fsp3) is 0.417. The lowest BCUT2D eigenvalue weighted by Crippen LogP contribution is -2.19. The molecule has 0 heterocycles. The Balaban J connectivity index is 4.70. The van der Waals surface area contributed by atoms with Gasteiger partial charge in [0.15, 0.2) is 0 Å². The van der Waals surface area contributed by atoms with Gasteiger partial charge in [0.1, 0.15) is 0 Å². The summed E-state index contributed by atoms with van der Waals surface area (Å²) in [6, 6.07) is 0. The van der Waals surface area contributed by atoms with Crippen molar-refractivity contribution >= 4 is 5.91 Å². The number of hydrogen-bond acceptors (Lipinski definition) is 1. The first-order valence-corrected chi connectivity index (χ1v) is 4.78. The first kappa shape index (κ1) is 12.7. The number of amides is 1. The first-order valence-electron chi connectivity index (χ1n) is 4.78. The molecule has 0 spiro atoms. The summed E-state index contributed by atoms with van der Waals surface area (Å²) in [6.07, 6.45) is 4.51. The van der Waals surface area contributed by atoms with Gasteiger partial charge in [-0.2, -0.15) is 0 Å². The number of carbonyl (C=O) groups excluding carboxylic acids is 1.